The van der Waals surface area contributed by atoms with Crippen molar-refractivity contribution in [2.24, 2.45) is 0 Å². The van der Waals surface area contributed by atoms with Crippen LogP contribution >= 0.6 is 23.4 Å². The van der Waals surface area contributed by atoms with E-state index in [1.165, 1.54) is 18.1 Å². The van der Waals surface area contributed by atoms with Gasteiger partial charge in [-0.05, 0) is 11.6 Å². The van der Waals surface area contributed by atoms with Crippen LogP contribution in [0.5, 0.6) is 0 Å². The third-order valence-electron chi connectivity index (χ3n) is 3.04. The SMILES string of the molecule is O=C(CSc1cncnc1)c1ccc(-c2noc(C(F)(F)Cl)n2)cc1. The molecule has 0 N–H and O–H groups in total. The van der Waals surface area contributed by atoms with E-state index in [4.69, 9.17) is 11.6 Å². The third kappa shape index (κ3) is 4.37. The molecule has 3 aromatic rings. The second-order valence-electron chi connectivity index (χ2n) is 4.78. The van der Waals surface area contributed by atoms with Crippen LogP contribution in [-0.2, 0) is 5.38 Å². The zero-order valence-corrected chi connectivity index (χ0v) is 14.0. The van der Waals surface area contributed by atoms with E-state index in [1.807, 2.05) is 0 Å². The van der Waals surface area contributed by atoms with Crippen LogP contribution in [0.25, 0.3) is 11.4 Å². The van der Waals surface area contributed by atoms with Crippen molar-refractivity contribution in [3.63, 3.8) is 0 Å². The second kappa shape index (κ2) is 7.24. The Morgan fingerprint density at radius 2 is 1.88 bits per heavy atom. The molecule has 1 aromatic carbocycles. The number of Topliss-reactive ketones (excluding diaryl/α,β-unsaturated/α-hetero) is 1. The van der Waals surface area contributed by atoms with Crippen molar-refractivity contribution in [3.8, 4) is 11.4 Å². The molecule has 25 heavy (non-hydrogen) atoms. The van der Waals surface area contributed by atoms with Crippen molar-refractivity contribution in [3.05, 3.63) is 54.4 Å². The van der Waals surface area contributed by atoms with Gasteiger partial charge in [-0.2, -0.15) is 13.8 Å². The summed E-state index contributed by atoms with van der Waals surface area (Å²) in [4.78, 5) is 24.2. The summed E-state index contributed by atoms with van der Waals surface area (Å²) in [5.41, 5.74) is 0.899. The van der Waals surface area contributed by atoms with Crippen LogP contribution in [0, 0.1) is 0 Å². The largest absolute Gasteiger partial charge is 0.400 e. The van der Waals surface area contributed by atoms with E-state index in [1.54, 1.807) is 36.7 Å². The number of rotatable bonds is 6. The molecule has 0 bridgehead atoms. The Balaban J connectivity index is 1.67. The summed E-state index contributed by atoms with van der Waals surface area (Å²) in [6.45, 7) is 0. The third-order valence-corrected chi connectivity index (χ3v) is 4.15. The first-order chi connectivity index (χ1) is 11.9. The smallest absolute Gasteiger partial charge is 0.331 e. The first-order valence-corrected chi connectivity index (χ1v) is 8.22. The minimum atomic E-state index is -3.72. The zero-order valence-electron chi connectivity index (χ0n) is 12.4. The Labute approximate surface area is 149 Å². The highest BCUT2D eigenvalue weighted by atomic mass is 35.5. The average molecular weight is 383 g/mol. The van der Waals surface area contributed by atoms with Gasteiger partial charge in [0.25, 0.3) is 0 Å². The Bertz CT molecular complexity index is 869. The fourth-order valence-electron chi connectivity index (χ4n) is 1.85. The maximum Gasteiger partial charge on any atom is 0.400 e. The van der Waals surface area contributed by atoms with E-state index in [-0.39, 0.29) is 17.4 Å². The molecule has 0 fully saturated rings. The normalized spacial score (nSPS) is 11.5. The number of hydrogen-bond acceptors (Lipinski definition) is 7. The van der Waals surface area contributed by atoms with E-state index in [2.05, 4.69) is 24.6 Å². The van der Waals surface area contributed by atoms with E-state index >= 15 is 0 Å². The van der Waals surface area contributed by atoms with Crippen molar-refractivity contribution >= 4 is 29.1 Å². The fraction of sp³-hybridized carbons (Fsp3) is 0.133. The number of carbonyl (C=O) groups excluding carboxylic acids is 1. The predicted molar refractivity (Wildman–Crippen MR) is 86.6 cm³/mol. The molecule has 0 amide bonds. The van der Waals surface area contributed by atoms with Gasteiger partial charge >= 0.3 is 11.3 Å². The number of aromatic nitrogens is 4. The van der Waals surface area contributed by atoms with Crippen molar-refractivity contribution in [1.82, 2.24) is 20.1 Å². The van der Waals surface area contributed by atoms with Gasteiger partial charge in [0, 0.05) is 28.4 Å². The summed E-state index contributed by atoms with van der Waals surface area (Å²) < 4.78 is 30.2. The van der Waals surface area contributed by atoms with Gasteiger partial charge < -0.3 is 4.52 Å². The number of hydrogen-bond donors (Lipinski definition) is 0. The quantitative estimate of drug-likeness (QED) is 0.364. The monoisotopic (exact) mass is 382 g/mol. The lowest BCUT2D eigenvalue weighted by molar-refractivity contribution is 0.0551. The van der Waals surface area contributed by atoms with Gasteiger partial charge in [-0.1, -0.05) is 29.4 Å². The molecule has 128 valence electrons. The van der Waals surface area contributed by atoms with Crippen LogP contribution in [0.3, 0.4) is 0 Å². The molecule has 10 heteroatoms. The van der Waals surface area contributed by atoms with E-state index in [9.17, 15) is 13.6 Å². The number of nitrogens with zero attached hydrogens (tertiary/aromatic N) is 4. The van der Waals surface area contributed by atoms with Crippen molar-refractivity contribution in [2.45, 2.75) is 10.3 Å². The van der Waals surface area contributed by atoms with Crippen molar-refractivity contribution < 1.29 is 18.1 Å². The molecule has 6 nitrogen and oxygen atoms in total. The van der Waals surface area contributed by atoms with Crippen molar-refractivity contribution in [2.75, 3.05) is 5.75 Å². The molecule has 0 saturated heterocycles. The van der Waals surface area contributed by atoms with Crippen LogP contribution in [-0.4, -0.2) is 31.6 Å². The lowest BCUT2D eigenvalue weighted by atomic mass is 10.1. The molecule has 3 rings (SSSR count). The Morgan fingerprint density at radius 1 is 1.20 bits per heavy atom. The van der Waals surface area contributed by atoms with E-state index in [0.717, 1.165) is 4.90 Å². The van der Waals surface area contributed by atoms with Gasteiger partial charge in [0.15, 0.2) is 5.78 Å². The lowest BCUT2D eigenvalue weighted by Gasteiger charge is -2.02. The predicted octanol–water partition coefficient (Wildman–Crippen LogP) is 3.79. The highest BCUT2D eigenvalue weighted by Crippen LogP contribution is 2.32. The Kier molecular flexibility index (Phi) is 5.05. The summed E-state index contributed by atoms with van der Waals surface area (Å²) in [5, 5.41) is -0.273. The highest BCUT2D eigenvalue weighted by Gasteiger charge is 2.35. The topological polar surface area (TPSA) is 81.8 Å². The molecule has 0 radical (unpaired) electrons. The maximum absolute atomic E-state index is 12.9. The number of thioether (sulfide) groups is 1. The first kappa shape index (κ1) is 17.4. The van der Waals surface area contributed by atoms with Gasteiger partial charge in [0.1, 0.15) is 6.33 Å². The average Bonchev–Trinajstić information content (AvgIpc) is 3.11. The minimum Gasteiger partial charge on any atom is -0.331 e. The summed E-state index contributed by atoms with van der Waals surface area (Å²) in [5.74, 6) is -0.894. The molecular formula is C15H9ClF2N4O2S. The molecule has 0 unspecified atom stereocenters. The fourth-order valence-corrected chi connectivity index (χ4v) is 2.67. The first-order valence-electron chi connectivity index (χ1n) is 6.86. The molecule has 0 aliphatic carbocycles. The second-order valence-corrected chi connectivity index (χ2v) is 6.31. The number of carbonyl (C=O) groups is 1. The highest BCUT2D eigenvalue weighted by molar-refractivity contribution is 8.00. The summed E-state index contributed by atoms with van der Waals surface area (Å²) >= 11 is 6.14. The number of ketones is 1. The molecule has 0 spiro atoms. The summed E-state index contributed by atoms with van der Waals surface area (Å²) in [7, 11) is 0. The summed E-state index contributed by atoms with van der Waals surface area (Å²) in [6.07, 6.45) is 4.65. The van der Waals surface area contributed by atoms with Gasteiger partial charge in [-0.25, -0.2) is 9.97 Å². The standard InChI is InChI=1S/C15H9ClF2N4O2S/c16-15(17,18)14-21-13(22-24-14)10-3-1-9(2-4-10)12(23)7-25-11-5-19-8-20-6-11/h1-6,8H,7H2. The number of alkyl halides is 3. The van der Waals surface area contributed by atoms with E-state index < -0.39 is 11.3 Å². The summed E-state index contributed by atoms with van der Waals surface area (Å²) in [6, 6.07) is 6.22. The Hall–Kier alpha value is -2.39. The van der Waals surface area contributed by atoms with Gasteiger partial charge in [-0.15, -0.1) is 11.8 Å². The molecule has 2 aromatic heterocycles. The lowest BCUT2D eigenvalue weighted by Crippen LogP contribution is -2.03. The molecule has 0 aliphatic rings. The van der Waals surface area contributed by atoms with Crippen LogP contribution in [0.1, 0.15) is 16.2 Å². The van der Waals surface area contributed by atoms with Crippen molar-refractivity contribution in [1.29, 1.82) is 0 Å². The molecule has 0 atom stereocenters. The minimum absolute atomic E-state index is 0.0369. The molecule has 2 heterocycles. The maximum atomic E-state index is 12.9. The molecule has 0 saturated carbocycles. The molecule has 0 aliphatic heterocycles. The molecular weight excluding hydrogens is 374 g/mol. The van der Waals surface area contributed by atoms with Gasteiger partial charge in [0.05, 0.1) is 5.75 Å². The van der Waals surface area contributed by atoms with Crippen LogP contribution in [0.4, 0.5) is 8.78 Å². The Morgan fingerprint density at radius 3 is 2.48 bits per heavy atom. The van der Waals surface area contributed by atoms with Crippen LogP contribution < -0.4 is 0 Å². The van der Waals surface area contributed by atoms with Gasteiger partial charge in [-0.3, -0.25) is 4.79 Å². The van der Waals surface area contributed by atoms with Crippen LogP contribution in [0.2, 0.25) is 0 Å². The zero-order chi connectivity index (χ0) is 17.9. The van der Waals surface area contributed by atoms with Gasteiger partial charge in [0.2, 0.25) is 5.82 Å². The number of halogens is 3. The van der Waals surface area contributed by atoms with Crippen LogP contribution in [0.15, 0.2) is 52.4 Å². The number of benzene rings is 1. The van der Waals surface area contributed by atoms with E-state index in [0.29, 0.717) is 11.1 Å².